The SMILES string of the molecule is CCC(=O)c1cccc(OC)c1I. The highest BCUT2D eigenvalue weighted by molar-refractivity contribution is 14.1. The Morgan fingerprint density at radius 1 is 1.54 bits per heavy atom. The summed E-state index contributed by atoms with van der Waals surface area (Å²) in [6.45, 7) is 1.86. The van der Waals surface area contributed by atoms with Crippen molar-refractivity contribution >= 4 is 28.4 Å². The first-order chi connectivity index (χ1) is 6.20. The van der Waals surface area contributed by atoms with Gasteiger partial charge in [-0.2, -0.15) is 0 Å². The van der Waals surface area contributed by atoms with E-state index in [2.05, 4.69) is 22.6 Å². The van der Waals surface area contributed by atoms with Crippen molar-refractivity contribution in [3.8, 4) is 5.75 Å². The molecule has 0 N–H and O–H groups in total. The summed E-state index contributed by atoms with van der Waals surface area (Å²) in [5.41, 5.74) is 0.752. The molecule has 0 bridgehead atoms. The molecule has 0 aromatic heterocycles. The van der Waals surface area contributed by atoms with Crippen molar-refractivity contribution < 1.29 is 9.53 Å². The lowest BCUT2D eigenvalue weighted by Crippen LogP contribution is -2.01. The predicted octanol–water partition coefficient (Wildman–Crippen LogP) is 2.89. The molecule has 3 heteroatoms. The smallest absolute Gasteiger partial charge is 0.163 e. The summed E-state index contributed by atoms with van der Waals surface area (Å²) >= 11 is 2.13. The Hall–Kier alpha value is -0.580. The number of halogens is 1. The molecule has 0 aliphatic rings. The van der Waals surface area contributed by atoms with Crippen LogP contribution in [0.1, 0.15) is 23.7 Å². The van der Waals surface area contributed by atoms with E-state index in [0.29, 0.717) is 6.42 Å². The summed E-state index contributed by atoms with van der Waals surface area (Å²) in [4.78, 5) is 11.4. The van der Waals surface area contributed by atoms with E-state index in [0.717, 1.165) is 14.9 Å². The van der Waals surface area contributed by atoms with Crippen LogP contribution in [-0.4, -0.2) is 12.9 Å². The van der Waals surface area contributed by atoms with Crippen molar-refractivity contribution in [2.24, 2.45) is 0 Å². The molecular weight excluding hydrogens is 279 g/mol. The summed E-state index contributed by atoms with van der Waals surface area (Å²) in [5.74, 6) is 0.920. The van der Waals surface area contributed by atoms with Crippen molar-refractivity contribution in [2.45, 2.75) is 13.3 Å². The predicted molar refractivity (Wildman–Crippen MR) is 60.3 cm³/mol. The Morgan fingerprint density at radius 3 is 2.77 bits per heavy atom. The fourth-order valence-electron chi connectivity index (χ4n) is 1.07. The third-order valence-electron chi connectivity index (χ3n) is 1.80. The van der Waals surface area contributed by atoms with Crippen molar-refractivity contribution in [1.82, 2.24) is 0 Å². The number of carbonyl (C=O) groups excluding carboxylic acids is 1. The molecular formula is C10H11IO2. The Bertz CT molecular complexity index is 321. The van der Waals surface area contributed by atoms with E-state index in [1.807, 2.05) is 25.1 Å². The van der Waals surface area contributed by atoms with E-state index >= 15 is 0 Å². The van der Waals surface area contributed by atoms with Crippen LogP contribution in [0.15, 0.2) is 18.2 Å². The van der Waals surface area contributed by atoms with Gasteiger partial charge in [-0.05, 0) is 28.7 Å². The van der Waals surface area contributed by atoms with Gasteiger partial charge in [0.1, 0.15) is 5.75 Å². The number of carbonyl (C=O) groups is 1. The van der Waals surface area contributed by atoms with Gasteiger partial charge in [-0.25, -0.2) is 0 Å². The maximum atomic E-state index is 11.4. The van der Waals surface area contributed by atoms with Gasteiger partial charge in [0.05, 0.1) is 10.7 Å². The highest BCUT2D eigenvalue weighted by Crippen LogP contribution is 2.24. The second-order valence-electron chi connectivity index (χ2n) is 2.60. The number of methoxy groups -OCH3 is 1. The zero-order valence-electron chi connectivity index (χ0n) is 7.63. The molecule has 0 fully saturated rings. The van der Waals surface area contributed by atoms with Gasteiger partial charge in [-0.1, -0.05) is 19.1 Å². The molecule has 0 unspecified atom stereocenters. The molecule has 0 spiro atoms. The van der Waals surface area contributed by atoms with Gasteiger partial charge in [0.15, 0.2) is 5.78 Å². The molecule has 13 heavy (non-hydrogen) atoms. The number of rotatable bonds is 3. The molecule has 0 heterocycles. The molecule has 70 valence electrons. The number of hydrogen-bond acceptors (Lipinski definition) is 2. The molecule has 0 saturated heterocycles. The third kappa shape index (κ3) is 2.21. The molecule has 1 aromatic rings. The summed E-state index contributed by atoms with van der Waals surface area (Å²) in [6.07, 6.45) is 0.531. The summed E-state index contributed by atoms with van der Waals surface area (Å²) < 4.78 is 6.02. The van der Waals surface area contributed by atoms with Crippen LogP contribution in [0.3, 0.4) is 0 Å². The first kappa shape index (κ1) is 10.5. The van der Waals surface area contributed by atoms with Gasteiger partial charge in [-0.15, -0.1) is 0 Å². The fourth-order valence-corrected chi connectivity index (χ4v) is 1.95. The maximum absolute atomic E-state index is 11.4. The van der Waals surface area contributed by atoms with Crippen molar-refractivity contribution in [2.75, 3.05) is 7.11 Å². The minimum Gasteiger partial charge on any atom is -0.496 e. The van der Waals surface area contributed by atoms with E-state index in [9.17, 15) is 4.79 Å². The van der Waals surface area contributed by atoms with Crippen LogP contribution in [-0.2, 0) is 0 Å². The maximum Gasteiger partial charge on any atom is 0.163 e. The number of hydrogen-bond donors (Lipinski definition) is 0. The summed E-state index contributed by atoms with van der Waals surface area (Å²) in [6, 6.07) is 5.52. The molecule has 2 nitrogen and oxygen atoms in total. The van der Waals surface area contributed by atoms with Gasteiger partial charge in [0.25, 0.3) is 0 Å². The van der Waals surface area contributed by atoms with Gasteiger partial charge in [0, 0.05) is 12.0 Å². The van der Waals surface area contributed by atoms with Gasteiger partial charge in [0.2, 0.25) is 0 Å². The number of Topliss-reactive ketones (excluding diaryl/α,β-unsaturated/α-hetero) is 1. The van der Waals surface area contributed by atoms with Crippen LogP contribution >= 0.6 is 22.6 Å². The highest BCUT2D eigenvalue weighted by atomic mass is 127. The Balaban J connectivity index is 3.15. The number of ether oxygens (including phenoxy) is 1. The Morgan fingerprint density at radius 2 is 2.23 bits per heavy atom. The van der Waals surface area contributed by atoms with Gasteiger partial charge < -0.3 is 4.74 Å². The van der Waals surface area contributed by atoms with E-state index < -0.39 is 0 Å². The van der Waals surface area contributed by atoms with Crippen LogP contribution in [0, 0.1) is 3.57 Å². The van der Waals surface area contributed by atoms with Crippen LogP contribution in [0.2, 0.25) is 0 Å². The zero-order valence-corrected chi connectivity index (χ0v) is 9.79. The zero-order chi connectivity index (χ0) is 9.84. The monoisotopic (exact) mass is 290 g/mol. The van der Waals surface area contributed by atoms with Crippen LogP contribution in [0.25, 0.3) is 0 Å². The second kappa shape index (κ2) is 4.60. The quantitative estimate of drug-likeness (QED) is 0.632. The Kier molecular flexibility index (Phi) is 3.71. The highest BCUT2D eigenvalue weighted by Gasteiger charge is 2.10. The first-order valence-corrected chi connectivity index (χ1v) is 5.14. The van der Waals surface area contributed by atoms with Crippen molar-refractivity contribution in [3.05, 3.63) is 27.3 Å². The first-order valence-electron chi connectivity index (χ1n) is 4.06. The van der Waals surface area contributed by atoms with Crippen LogP contribution in [0.5, 0.6) is 5.75 Å². The lowest BCUT2D eigenvalue weighted by atomic mass is 10.1. The summed E-state index contributed by atoms with van der Waals surface area (Å²) in [7, 11) is 1.61. The third-order valence-corrected chi connectivity index (χ3v) is 2.92. The minimum atomic E-state index is 0.156. The van der Waals surface area contributed by atoms with Gasteiger partial charge in [-0.3, -0.25) is 4.79 Å². The lowest BCUT2D eigenvalue weighted by molar-refractivity contribution is 0.0987. The molecule has 0 radical (unpaired) electrons. The molecule has 0 aliphatic carbocycles. The fraction of sp³-hybridized carbons (Fsp3) is 0.300. The molecule has 0 saturated carbocycles. The Labute approximate surface area is 91.4 Å². The number of ketones is 1. The van der Waals surface area contributed by atoms with Crippen molar-refractivity contribution in [1.29, 1.82) is 0 Å². The van der Waals surface area contributed by atoms with Crippen molar-refractivity contribution in [3.63, 3.8) is 0 Å². The molecule has 1 aromatic carbocycles. The summed E-state index contributed by atoms with van der Waals surface area (Å²) in [5, 5.41) is 0. The van der Waals surface area contributed by atoms with Crippen LogP contribution < -0.4 is 4.74 Å². The van der Waals surface area contributed by atoms with E-state index in [1.165, 1.54) is 0 Å². The normalized spacial score (nSPS) is 9.77. The number of benzene rings is 1. The van der Waals surface area contributed by atoms with E-state index in [-0.39, 0.29) is 5.78 Å². The molecule has 0 amide bonds. The van der Waals surface area contributed by atoms with E-state index in [4.69, 9.17) is 4.74 Å². The average Bonchev–Trinajstić information content (AvgIpc) is 2.17. The minimum absolute atomic E-state index is 0.156. The lowest BCUT2D eigenvalue weighted by Gasteiger charge is -2.06. The second-order valence-corrected chi connectivity index (χ2v) is 3.68. The van der Waals surface area contributed by atoms with Crippen LogP contribution in [0.4, 0.5) is 0 Å². The standard InChI is InChI=1S/C10H11IO2/c1-3-8(12)7-5-4-6-9(13-2)10(7)11/h4-6H,3H2,1-2H3. The van der Waals surface area contributed by atoms with Gasteiger partial charge >= 0.3 is 0 Å². The van der Waals surface area contributed by atoms with E-state index in [1.54, 1.807) is 7.11 Å². The molecule has 1 rings (SSSR count). The largest absolute Gasteiger partial charge is 0.496 e. The topological polar surface area (TPSA) is 26.3 Å². The average molecular weight is 290 g/mol. The molecule has 0 atom stereocenters. The molecule has 0 aliphatic heterocycles.